The first-order valence-corrected chi connectivity index (χ1v) is 17.8. The quantitative estimate of drug-likeness (QED) is 0.168. The zero-order valence-electron chi connectivity index (χ0n) is 28.7. The minimum absolute atomic E-state index is 0.607. The zero-order chi connectivity index (χ0) is 35.1. The molecule has 0 aliphatic rings. The number of aromatic nitrogens is 1. The molecule has 0 aliphatic heterocycles. The Morgan fingerprint density at radius 3 is 1.55 bits per heavy atom. The number of anilines is 3. The summed E-state index contributed by atoms with van der Waals surface area (Å²) >= 11 is 0. The Morgan fingerprint density at radius 1 is 0.321 bits per heavy atom. The summed E-state index contributed by atoms with van der Waals surface area (Å²) in [6.45, 7) is 0. The van der Waals surface area contributed by atoms with Gasteiger partial charge in [-0.3, -0.25) is 0 Å². The van der Waals surface area contributed by atoms with E-state index in [-0.39, 0.29) is 0 Å². The molecule has 53 heavy (non-hydrogen) atoms. The van der Waals surface area contributed by atoms with Crippen molar-refractivity contribution >= 4 is 50.1 Å². The molecule has 0 atom stereocenters. The molecule has 8 aromatic carbocycles. The second-order valence-corrected chi connectivity index (χ2v) is 13.2. The van der Waals surface area contributed by atoms with E-state index in [0.717, 1.165) is 66.8 Å². The molecule has 0 saturated carbocycles. The topological polar surface area (TPSA) is 42.4 Å². The molecule has 2 heterocycles. The van der Waals surface area contributed by atoms with Gasteiger partial charge < -0.3 is 13.7 Å². The number of hydrogen-bond acceptors (Lipinski definition) is 4. The van der Waals surface area contributed by atoms with E-state index in [1.807, 2.05) is 42.5 Å². The second kappa shape index (κ2) is 12.9. The summed E-state index contributed by atoms with van der Waals surface area (Å²) in [6.07, 6.45) is 0. The van der Waals surface area contributed by atoms with Gasteiger partial charge in [0.2, 0.25) is 5.89 Å². The third-order valence-corrected chi connectivity index (χ3v) is 9.91. The molecule has 0 saturated heterocycles. The lowest BCUT2D eigenvalue weighted by atomic mass is 9.99. The molecule has 10 aromatic rings. The first-order valence-electron chi connectivity index (χ1n) is 17.8. The number of furan rings is 1. The smallest absolute Gasteiger partial charge is 0.227 e. The Balaban J connectivity index is 0.964. The standard InChI is InChI=1S/C49H32N2O2/c1-4-11-33(12-5-1)34-19-21-35(22-20-34)38-15-10-18-42(29-38)51(40-16-8-3-9-17-40)41-26-23-36(24-27-41)39-25-28-43-44-31-48-45(32-47(44)52-46(43)30-39)50-49(53-48)37-13-6-2-7-14-37/h1-32H. The van der Waals surface area contributed by atoms with Gasteiger partial charge in [-0.25, -0.2) is 4.98 Å². The Kier molecular flexibility index (Phi) is 7.43. The highest BCUT2D eigenvalue weighted by atomic mass is 16.4. The molecule has 0 unspecified atom stereocenters. The summed E-state index contributed by atoms with van der Waals surface area (Å²) in [5.41, 5.74) is 14.3. The van der Waals surface area contributed by atoms with E-state index in [1.165, 1.54) is 22.3 Å². The predicted molar refractivity (Wildman–Crippen MR) is 218 cm³/mol. The summed E-state index contributed by atoms with van der Waals surface area (Å²) in [5.74, 6) is 0.607. The number of hydrogen-bond donors (Lipinski definition) is 0. The largest absolute Gasteiger partial charge is 0.456 e. The van der Waals surface area contributed by atoms with Gasteiger partial charge in [0.25, 0.3) is 0 Å². The van der Waals surface area contributed by atoms with Gasteiger partial charge in [0.1, 0.15) is 16.7 Å². The third-order valence-electron chi connectivity index (χ3n) is 9.91. The van der Waals surface area contributed by atoms with Gasteiger partial charge in [0.15, 0.2) is 5.58 Å². The van der Waals surface area contributed by atoms with Crippen LogP contribution >= 0.6 is 0 Å². The average Bonchev–Trinajstić information content (AvgIpc) is 3.82. The minimum Gasteiger partial charge on any atom is -0.456 e. The van der Waals surface area contributed by atoms with Crippen LogP contribution < -0.4 is 4.90 Å². The van der Waals surface area contributed by atoms with Crippen LogP contribution in [0.5, 0.6) is 0 Å². The molecule has 10 rings (SSSR count). The first kappa shape index (κ1) is 30.6. The molecule has 4 nitrogen and oxygen atoms in total. The van der Waals surface area contributed by atoms with Gasteiger partial charge in [-0.05, 0) is 100 Å². The Labute approximate surface area is 306 Å². The summed E-state index contributed by atoms with van der Waals surface area (Å²) in [6, 6.07) is 67.7. The highest BCUT2D eigenvalue weighted by Crippen LogP contribution is 2.39. The van der Waals surface area contributed by atoms with Gasteiger partial charge in [0.05, 0.1) is 0 Å². The van der Waals surface area contributed by atoms with E-state index in [2.05, 4.69) is 157 Å². The fourth-order valence-electron chi connectivity index (χ4n) is 7.22. The van der Waals surface area contributed by atoms with E-state index in [1.54, 1.807) is 0 Å². The van der Waals surface area contributed by atoms with Crippen LogP contribution in [0.1, 0.15) is 0 Å². The van der Waals surface area contributed by atoms with Gasteiger partial charge in [0, 0.05) is 39.5 Å². The van der Waals surface area contributed by atoms with Crippen LogP contribution in [0.4, 0.5) is 17.1 Å². The van der Waals surface area contributed by atoms with E-state index in [0.29, 0.717) is 5.89 Å². The first-order chi connectivity index (χ1) is 26.2. The molecule has 250 valence electrons. The van der Waals surface area contributed by atoms with Crippen molar-refractivity contribution in [3.8, 4) is 44.8 Å². The van der Waals surface area contributed by atoms with Crippen LogP contribution in [0.25, 0.3) is 77.9 Å². The highest BCUT2D eigenvalue weighted by molar-refractivity contribution is 6.09. The summed E-state index contributed by atoms with van der Waals surface area (Å²) < 4.78 is 12.6. The van der Waals surface area contributed by atoms with Crippen LogP contribution in [0.3, 0.4) is 0 Å². The summed E-state index contributed by atoms with van der Waals surface area (Å²) in [5, 5.41) is 2.06. The second-order valence-electron chi connectivity index (χ2n) is 13.2. The van der Waals surface area contributed by atoms with Crippen molar-refractivity contribution in [2.75, 3.05) is 4.90 Å². The lowest BCUT2D eigenvalue weighted by Crippen LogP contribution is -2.09. The van der Waals surface area contributed by atoms with Crippen LogP contribution in [0.15, 0.2) is 203 Å². The van der Waals surface area contributed by atoms with Crippen molar-refractivity contribution in [2.45, 2.75) is 0 Å². The molecule has 0 N–H and O–H groups in total. The molecule has 0 fully saturated rings. The molecule has 0 spiro atoms. The van der Waals surface area contributed by atoms with Crippen molar-refractivity contribution in [1.29, 1.82) is 0 Å². The normalized spacial score (nSPS) is 11.4. The number of para-hydroxylation sites is 1. The maximum atomic E-state index is 6.40. The molecule has 0 aliphatic carbocycles. The number of rotatable bonds is 7. The number of benzene rings is 8. The summed E-state index contributed by atoms with van der Waals surface area (Å²) in [4.78, 5) is 7.04. The van der Waals surface area contributed by atoms with Gasteiger partial charge in [-0.15, -0.1) is 0 Å². The van der Waals surface area contributed by atoms with Crippen LogP contribution in [0, 0.1) is 0 Å². The fourth-order valence-corrected chi connectivity index (χ4v) is 7.22. The van der Waals surface area contributed by atoms with E-state index in [4.69, 9.17) is 13.8 Å². The zero-order valence-corrected chi connectivity index (χ0v) is 28.7. The van der Waals surface area contributed by atoms with Crippen molar-refractivity contribution in [2.24, 2.45) is 0 Å². The predicted octanol–water partition coefficient (Wildman–Crippen LogP) is 13.9. The van der Waals surface area contributed by atoms with Crippen LogP contribution in [-0.2, 0) is 0 Å². The summed E-state index contributed by atoms with van der Waals surface area (Å²) in [7, 11) is 0. The van der Waals surface area contributed by atoms with E-state index < -0.39 is 0 Å². The lowest BCUT2D eigenvalue weighted by Gasteiger charge is -2.26. The van der Waals surface area contributed by atoms with Gasteiger partial charge in [-0.1, -0.05) is 121 Å². The number of nitrogens with zero attached hydrogens (tertiary/aromatic N) is 2. The SMILES string of the molecule is c1ccc(-c2ccc(-c3cccc(N(c4ccccc4)c4ccc(-c5ccc6c(c5)oc5cc7nc(-c8ccccc8)oc7cc56)cc4)c3)cc2)cc1. The molecule has 4 heteroatoms. The minimum atomic E-state index is 0.607. The van der Waals surface area contributed by atoms with Crippen molar-refractivity contribution < 1.29 is 8.83 Å². The molecule has 0 amide bonds. The Hall–Kier alpha value is -7.17. The number of oxazole rings is 1. The van der Waals surface area contributed by atoms with E-state index >= 15 is 0 Å². The molecule has 0 radical (unpaired) electrons. The van der Waals surface area contributed by atoms with Gasteiger partial charge in [-0.2, -0.15) is 0 Å². The van der Waals surface area contributed by atoms with Crippen molar-refractivity contribution in [3.05, 3.63) is 194 Å². The maximum Gasteiger partial charge on any atom is 0.227 e. The molecule has 0 bridgehead atoms. The Bertz CT molecular complexity index is 2860. The van der Waals surface area contributed by atoms with E-state index in [9.17, 15) is 0 Å². The highest BCUT2D eigenvalue weighted by Gasteiger charge is 2.16. The van der Waals surface area contributed by atoms with Crippen LogP contribution in [-0.4, -0.2) is 4.98 Å². The van der Waals surface area contributed by atoms with Crippen LogP contribution in [0.2, 0.25) is 0 Å². The average molecular weight is 681 g/mol. The molecular formula is C49H32N2O2. The molecule has 2 aromatic heterocycles. The number of fused-ring (bicyclic) bond motifs is 4. The fraction of sp³-hybridized carbons (Fsp3) is 0. The maximum absolute atomic E-state index is 6.40. The monoisotopic (exact) mass is 680 g/mol. The third kappa shape index (κ3) is 5.73. The van der Waals surface area contributed by atoms with Crippen molar-refractivity contribution in [3.63, 3.8) is 0 Å². The van der Waals surface area contributed by atoms with Crippen molar-refractivity contribution in [1.82, 2.24) is 4.98 Å². The molecular weight excluding hydrogens is 649 g/mol. The lowest BCUT2D eigenvalue weighted by molar-refractivity contribution is 0.620. The Morgan fingerprint density at radius 2 is 0.830 bits per heavy atom. The van der Waals surface area contributed by atoms with Gasteiger partial charge >= 0.3 is 0 Å².